The second-order valence-electron chi connectivity index (χ2n) is 6.44. The van der Waals surface area contributed by atoms with Crippen LogP contribution in [0, 0.1) is 0 Å². The van der Waals surface area contributed by atoms with Crippen LogP contribution in [0.25, 0.3) is 0 Å². The lowest BCUT2D eigenvalue weighted by molar-refractivity contribution is -0.142. The molecule has 1 amide bonds. The highest BCUT2D eigenvalue weighted by Crippen LogP contribution is 2.17. The Morgan fingerprint density at radius 3 is 2.43 bits per heavy atom. The van der Waals surface area contributed by atoms with Crippen LogP contribution in [0.2, 0.25) is 0 Å². The number of nitrogens with one attached hydrogen (secondary N) is 1. The van der Waals surface area contributed by atoms with Crippen LogP contribution in [-0.4, -0.2) is 71.1 Å². The normalized spacial score (nSPS) is 25.4. The van der Waals surface area contributed by atoms with Crippen LogP contribution in [0.1, 0.15) is 39.5 Å². The molecular weight excluding hydrogens is 270 g/mol. The molecule has 2 aliphatic rings. The maximum Gasteiger partial charge on any atom is 0.320 e. The first-order valence-electron chi connectivity index (χ1n) is 7.97. The Kier molecular flexibility index (Phi) is 5.58. The van der Waals surface area contributed by atoms with E-state index in [-0.39, 0.29) is 18.5 Å². The zero-order valence-corrected chi connectivity index (χ0v) is 13.0. The number of carboxylic acid groups (broad SMARTS) is 1. The van der Waals surface area contributed by atoms with E-state index >= 15 is 0 Å². The molecule has 0 aromatic carbocycles. The number of rotatable bonds is 5. The van der Waals surface area contributed by atoms with Crippen LogP contribution in [-0.2, 0) is 9.59 Å². The lowest BCUT2D eigenvalue weighted by Crippen LogP contribution is -2.49. The molecule has 1 atom stereocenters. The van der Waals surface area contributed by atoms with Crippen LogP contribution in [0.5, 0.6) is 0 Å². The third-order valence-corrected chi connectivity index (χ3v) is 4.62. The summed E-state index contributed by atoms with van der Waals surface area (Å²) in [7, 11) is 0. The summed E-state index contributed by atoms with van der Waals surface area (Å²) in [6.07, 6.45) is 3.46. The number of hydrogen-bond acceptors (Lipinski definition) is 4. The van der Waals surface area contributed by atoms with Crippen LogP contribution in [0.15, 0.2) is 0 Å². The summed E-state index contributed by atoms with van der Waals surface area (Å²) >= 11 is 0. The van der Waals surface area contributed by atoms with Crippen molar-refractivity contribution in [3.63, 3.8) is 0 Å². The van der Waals surface area contributed by atoms with Gasteiger partial charge >= 0.3 is 5.97 Å². The second kappa shape index (κ2) is 7.22. The van der Waals surface area contributed by atoms with Gasteiger partial charge in [-0.2, -0.15) is 0 Å². The highest BCUT2D eigenvalue weighted by atomic mass is 16.4. The van der Waals surface area contributed by atoms with E-state index in [2.05, 4.69) is 24.1 Å². The standard InChI is InChI=1S/C15H27N3O3/c1-11(2)17-8-5-12(6-9-17)16-14(19)10-18-7-3-4-13(18)15(20)21/h11-13H,3-10H2,1-2H3,(H,16,19)(H,20,21). The van der Waals surface area contributed by atoms with Crippen molar-refractivity contribution in [1.29, 1.82) is 0 Å². The molecule has 0 aromatic rings. The van der Waals surface area contributed by atoms with Crippen LogP contribution in [0.3, 0.4) is 0 Å². The first kappa shape index (κ1) is 16.2. The molecule has 2 rings (SSSR count). The fraction of sp³-hybridized carbons (Fsp3) is 0.867. The Morgan fingerprint density at radius 1 is 1.19 bits per heavy atom. The highest BCUT2D eigenvalue weighted by molar-refractivity contribution is 5.80. The highest BCUT2D eigenvalue weighted by Gasteiger charge is 2.32. The maximum atomic E-state index is 12.1. The Morgan fingerprint density at radius 2 is 1.86 bits per heavy atom. The number of aliphatic carboxylic acids is 1. The predicted molar refractivity (Wildman–Crippen MR) is 80.1 cm³/mol. The molecule has 2 heterocycles. The molecule has 21 heavy (non-hydrogen) atoms. The van der Waals surface area contributed by atoms with Crippen molar-refractivity contribution in [2.45, 2.75) is 57.7 Å². The number of hydrogen-bond donors (Lipinski definition) is 2. The van der Waals surface area contributed by atoms with Crippen molar-refractivity contribution in [3.05, 3.63) is 0 Å². The molecule has 2 saturated heterocycles. The number of carbonyl (C=O) groups excluding carboxylic acids is 1. The molecule has 0 bridgehead atoms. The molecule has 6 heteroatoms. The van der Waals surface area contributed by atoms with Gasteiger partial charge in [-0.05, 0) is 46.1 Å². The Bertz CT molecular complexity index is 378. The molecule has 2 N–H and O–H groups in total. The Labute approximate surface area is 126 Å². The summed E-state index contributed by atoms with van der Waals surface area (Å²) in [6.45, 7) is 7.34. The molecule has 2 aliphatic heterocycles. The van der Waals surface area contributed by atoms with E-state index in [9.17, 15) is 9.59 Å². The third kappa shape index (κ3) is 4.41. The number of amides is 1. The second-order valence-corrected chi connectivity index (χ2v) is 6.44. The summed E-state index contributed by atoms with van der Waals surface area (Å²) in [4.78, 5) is 27.4. The van der Waals surface area contributed by atoms with Crippen molar-refractivity contribution >= 4 is 11.9 Å². The predicted octanol–water partition coefficient (Wildman–Crippen LogP) is 0.524. The topological polar surface area (TPSA) is 72.9 Å². The number of carboxylic acids is 1. The van der Waals surface area contributed by atoms with Gasteiger partial charge in [-0.25, -0.2) is 0 Å². The van der Waals surface area contributed by atoms with Crippen LogP contribution >= 0.6 is 0 Å². The van der Waals surface area contributed by atoms with Gasteiger partial charge in [0.1, 0.15) is 6.04 Å². The quantitative estimate of drug-likeness (QED) is 0.774. The molecule has 0 aliphatic carbocycles. The minimum absolute atomic E-state index is 0.0360. The Balaban J connectivity index is 1.74. The molecule has 6 nitrogen and oxygen atoms in total. The molecular formula is C15H27N3O3. The Hall–Kier alpha value is -1.14. The molecule has 0 aromatic heterocycles. The van der Waals surface area contributed by atoms with Gasteiger partial charge in [0.05, 0.1) is 6.54 Å². The zero-order chi connectivity index (χ0) is 15.4. The van der Waals surface area contributed by atoms with Gasteiger partial charge in [-0.3, -0.25) is 14.5 Å². The van der Waals surface area contributed by atoms with Crippen molar-refractivity contribution in [2.24, 2.45) is 0 Å². The van der Waals surface area contributed by atoms with E-state index in [1.54, 1.807) is 4.90 Å². The van der Waals surface area contributed by atoms with Crippen molar-refractivity contribution < 1.29 is 14.7 Å². The van der Waals surface area contributed by atoms with E-state index in [1.807, 2.05) is 0 Å². The minimum atomic E-state index is -0.814. The van der Waals surface area contributed by atoms with Crippen LogP contribution < -0.4 is 5.32 Å². The third-order valence-electron chi connectivity index (χ3n) is 4.62. The molecule has 0 spiro atoms. The summed E-state index contributed by atoms with van der Waals surface area (Å²) in [5.74, 6) is -0.850. The fourth-order valence-corrected chi connectivity index (χ4v) is 3.31. The smallest absolute Gasteiger partial charge is 0.320 e. The summed E-state index contributed by atoms with van der Waals surface area (Å²) in [5, 5.41) is 12.2. The molecule has 0 radical (unpaired) electrons. The first-order valence-corrected chi connectivity index (χ1v) is 7.97. The van der Waals surface area contributed by atoms with E-state index in [1.165, 1.54) is 0 Å². The SMILES string of the molecule is CC(C)N1CCC(NC(=O)CN2CCCC2C(=O)O)CC1. The molecule has 1 unspecified atom stereocenters. The summed E-state index contributed by atoms with van der Waals surface area (Å²) in [6, 6.07) is 0.305. The number of likely N-dealkylation sites (tertiary alicyclic amines) is 2. The van der Waals surface area contributed by atoms with Gasteiger partial charge in [0.2, 0.25) is 5.91 Å². The zero-order valence-electron chi connectivity index (χ0n) is 13.0. The molecule has 0 saturated carbocycles. The van der Waals surface area contributed by atoms with Gasteiger partial charge in [0.15, 0.2) is 0 Å². The van der Waals surface area contributed by atoms with E-state index in [0.717, 1.165) is 32.4 Å². The largest absolute Gasteiger partial charge is 0.480 e. The maximum absolute atomic E-state index is 12.1. The molecule has 120 valence electrons. The first-order chi connectivity index (χ1) is 9.97. The van der Waals surface area contributed by atoms with Gasteiger partial charge < -0.3 is 15.3 Å². The number of piperidine rings is 1. The lowest BCUT2D eigenvalue weighted by atomic mass is 10.0. The van der Waals surface area contributed by atoms with E-state index in [4.69, 9.17) is 5.11 Å². The van der Waals surface area contributed by atoms with Crippen molar-refractivity contribution in [1.82, 2.24) is 15.1 Å². The number of carbonyl (C=O) groups is 2. The van der Waals surface area contributed by atoms with Crippen molar-refractivity contribution in [2.75, 3.05) is 26.2 Å². The average molecular weight is 297 g/mol. The van der Waals surface area contributed by atoms with Gasteiger partial charge in [-0.1, -0.05) is 0 Å². The number of nitrogens with zero attached hydrogens (tertiary/aromatic N) is 2. The van der Waals surface area contributed by atoms with E-state index in [0.29, 0.717) is 19.0 Å². The average Bonchev–Trinajstić information content (AvgIpc) is 2.87. The van der Waals surface area contributed by atoms with E-state index < -0.39 is 12.0 Å². The summed E-state index contributed by atoms with van der Waals surface area (Å²) < 4.78 is 0. The fourth-order valence-electron chi connectivity index (χ4n) is 3.31. The van der Waals surface area contributed by atoms with Gasteiger partial charge in [0.25, 0.3) is 0 Å². The minimum Gasteiger partial charge on any atom is -0.480 e. The lowest BCUT2D eigenvalue weighted by Gasteiger charge is -2.35. The van der Waals surface area contributed by atoms with Crippen LogP contribution in [0.4, 0.5) is 0 Å². The van der Waals surface area contributed by atoms with Crippen molar-refractivity contribution in [3.8, 4) is 0 Å². The molecule has 2 fully saturated rings. The van der Waals surface area contributed by atoms with Gasteiger partial charge in [0, 0.05) is 25.2 Å². The van der Waals surface area contributed by atoms with Gasteiger partial charge in [-0.15, -0.1) is 0 Å². The monoisotopic (exact) mass is 297 g/mol. The summed E-state index contributed by atoms with van der Waals surface area (Å²) in [5.41, 5.74) is 0.